The summed E-state index contributed by atoms with van der Waals surface area (Å²) in [4.78, 5) is 11.3. The van der Waals surface area contributed by atoms with Crippen LogP contribution in [-0.4, -0.2) is 17.9 Å². The Morgan fingerprint density at radius 1 is 1.00 bits per heavy atom. The molecular weight excluding hydrogens is 259 g/mol. The molecule has 0 unspecified atom stereocenters. The minimum Gasteiger partial charge on any atom is -0.399 e. The summed E-state index contributed by atoms with van der Waals surface area (Å²) in [6.45, 7) is 0. The van der Waals surface area contributed by atoms with Crippen LogP contribution in [0.5, 0.6) is 0 Å². The Labute approximate surface area is 98.6 Å². The zero-order valence-electron chi connectivity index (χ0n) is 8.89. The molecule has 100 valence electrons. The van der Waals surface area contributed by atoms with Gasteiger partial charge in [-0.15, -0.1) is 0 Å². The number of alkyl halides is 5. The Balaban J connectivity index is 2.96. The molecule has 0 heterocycles. The van der Waals surface area contributed by atoms with Crippen molar-refractivity contribution in [2.75, 3.05) is 11.5 Å². The maximum atomic E-state index is 12.7. The van der Waals surface area contributed by atoms with Gasteiger partial charge >= 0.3 is 12.1 Å². The zero-order chi connectivity index (χ0) is 14.1. The maximum Gasteiger partial charge on any atom is 0.453 e. The minimum absolute atomic E-state index is 0.00803. The van der Waals surface area contributed by atoms with Gasteiger partial charge in [-0.05, 0) is 18.2 Å². The SMILES string of the molecule is Nc1cc(N)cc(C(=O)CC(F)(F)C(F)(F)F)c1. The predicted molar refractivity (Wildman–Crippen MR) is 55.2 cm³/mol. The van der Waals surface area contributed by atoms with Crippen LogP contribution in [0.25, 0.3) is 0 Å². The summed E-state index contributed by atoms with van der Waals surface area (Å²) in [5.74, 6) is -6.46. The molecule has 1 rings (SSSR count). The molecule has 18 heavy (non-hydrogen) atoms. The fourth-order valence-electron chi connectivity index (χ4n) is 1.24. The largest absolute Gasteiger partial charge is 0.453 e. The molecule has 0 fully saturated rings. The summed E-state index contributed by atoms with van der Waals surface area (Å²) in [5, 5.41) is 0. The van der Waals surface area contributed by atoms with E-state index in [1.165, 1.54) is 6.07 Å². The molecule has 0 atom stereocenters. The summed E-state index contributed by atoms with van der Waals surface area (Å²) in [6.07, 6.45) is -7.74. The number of ketones is 1. The highest BCUT2D eigenvalue weighted by molar-refractivity contribution is 5.98. The topological polar surface area (TPSA) is 69.1 Å². The van der Waals surface area contributed by atoms with Crippen LogP contribution in [0.4, 0.5) is 33.3 Å². The van der Waals surface area contributed by atoms with Crippen molar-refractivity contribution in [3.8, 4) is 0 Å². The summed E-state index contributed by atoms with van der Waals surface area (Å²) in [5.41, 5.74) is 10.2. The average molecular weight is 268 g/mol. The van der Waals surface area contributed by atoms with Crippen molar-refractivity contribution in [1.29, 1.82) is 0 Å². The third-order valence-electron chi connectivity index (χ3n) is 2.10. The van der Waals surface area contributed by atoms with Crippen LogP contribution in [0.2, 0.25) is 0 Å². The lowest BCUT2D eigenvalue weighted by Gasteiger charge is -2.18. The average Bonchev–Trinajstić information content (AvgIpc) is 2.13. The Morgan fingerprint density at radius 3 is 1.83 bits per heavy atom. The maximum absolute atomic E-state index is 12.7. The number of nitrogen functional groups attached to an aromatic ring is 2. The van der Waals surface area contributed by atoms with Gasteiger partial charge in [-0.2, -0.15) is 22.0 Å². The Kier molecular flexibility index (Phi) is 3.50. The normalized spacial score (nSPS) is 12.5. The van der Waals surface area contributed by atoms with Gasteiger partial charge in [0.1, 0.15) is 0 Å². The first-order valence-electron chi connectivity index (χ1n) is 4.67. The highest BCUT2D eigenvalue weighted by Gasteiger charge is 2.58. The highest BCUT2D eigenvalue weighted by Crippen LogP contribution is 2.38. The van der Waals surface area contributed by atoms with Crippen molar-refractivity contribution >= 4 is 17.2 Å². The molecule has 0 spiro atoms. The molecule has 1 aromatic rings. The van der Waals surface area contributed by atoms with E-state index in [4.69, 9.17) is 11.5 Å². The number of carbonyl (C=O) groups excluding carboxylic acids is 1. The zero-order valence-corrected chi connectivity index (χ0v) is 8.89. The van der Waals surface area contributed by atoms with E-state index in [1.807, 2.05) is 0 Å². The van der Waals surface area contributed by atoms with Crippen LogP contribution in [0.1, 0.15) is 16.8 Å². The molecule has 8 heteroatoms. The van der Waals surface area contributed by atoms with E-state index in [0.717, 1.165) is 12.1 Å². The number of anilines is 2. The Morgan fingerprint density at radius 2 is 1.44 bits per heavy atom. The number of hydrogen-bond acceptors (Lipinski definition) is 3. The molecule has 0 aliphatic rings. The number of carbonyl (C=O) groups is 1. The van der Waals surface area contributed by atoms with E-state index in [-0.39, 0.29) is 16.9 Å². The standard InChI is InChI=1S/C10H9F5N2O/c11-9(12,10(13,14)15)4-8(18)5-1-6(16)3-7(17)2-5/h1-3H,4,16-17H2. The van der Waals surface area contributed by atoms with Crippen molar-refractivity contribution in [3.05, 3.63) is 23.8 Å². The molecule has 3 nitrogen and oxygen atoms in total. The molecular formula is C10H9F5N2O. The summed E-state index contributed by atoms with van der Waals surface area (Å²) in [7, 11) is 0. The van der Waals surface area contributed by atoms with E-state index in [0.29, 0.717) is 0 Å². The fourth-order valence-corrected chi connectivity index (χ4v) is 1.24. The molecule has 0 saturated heterocycles. The van der Waals surface area contributed by atoms with Crippen molar-refractivity contribution in [1.82, 2.24) is 0 Å². The lowest BCUT2D eigenvalue weighted by Crippen LogP contribution is -2.38. The lowest BCUT2D eigenvalue weighted by molar-refractivity contribution is -0.279. The van der Waals surface area contributed by atoms with Gasteiger partial charge < -0.3 is 11.5 Å². The number of benzene rings is 1. The predicted octanol–water partition coefficient (Wildman–Crippen LogP) is 2.62. The van der Waals surface area contributed by atoms with E-state index < -0.39 is 24.3 Å². The molecule has 0 radical (unpaired) electrons. The molecule has 0 aliphatic heterocycles. The van der Waals surface area contributed by atoms with Crippen molar-refractivity contribution in [3.63, 3.8) is 0 Å². The van der Waals surface area contributed by atoms with Gasteiger partial charge in [-0.25, -0.2) is 0 Å². The van der Waals surface area contributed by atoms with Crippen molar-refractivity contribution in [2.45, 2.75) is 18.5 Å². The number of rotatable bonds is 3. The molecule has 0 aliphatic carbocycles. The van der Waals surface area contributed by atoms with Crippen LogP contribution in [0.15, 0.2) is 18.2 Å². The minimum atomic E-state index is -5.77. The smallest absolute Gasteiger partial charge is 0.399 e. The van der Waals surface area contributed by atoms with Crippen molar-refractivity contribution < 1.29 is 26.7 Å². The van der Waals surface area contributed by atoms with Crippen LogP contribution in [0, 0.1) is 0 Å². The van der Waals surface area contributed by atoms with E-state index in [9.17, 15) is 26.7 Å². The van der Waals surface area contributed by atoms with Crippen molar-refractivity contribution in [2.24, 2.45) is 0 Å². The quantitative estimate of drug-likeness (QED) is 0.503. The first kappa shape index (κ1) is 14.2. The van der Waals surface area contributed by atoms with Gasteiger partial charge in [-0.3, -0.25) is 4.79 Å². The molecule has 0 aromatic heterocycles. The second kappa shape index (κ2) is 4.43. The van der Waals surface area contributed by atoms with Crippen LogP contribution in [0.3, 0.4) is 0 Å². The Hall–Kier alpha value is -1.86. The van der Waals surface area contributed by atoms with Gasteiger partial charge in [-0.1, -0.05) is 0 Å². The highest BCUT2D eigenvalue weighted by atomic mass is 19.4. The molecule has 1 aromatic carbocycles. The third-order valence-corrected chi connectivity index (χ3v) is 2.10. The molecule has 0 saturated carbocycles. The number of nitrogens with two attached hydrogens (primary N) is 2. The first-order chi connectivity index (χ1) is 8.03. The van der Waals surface area contributed by atoms with E-state index in [2.05, 4.69) is 0 Å². The second-order valence-corrected chi connectivity index (χ2v) is 3.69. The van der Waals surface area contributed by atoms with Crippen LogP contribution < -0.4 is 11.5 Å². The van der Waals surface area contributed by atoms with Gasteiger partial charge in [0.25, 0.3) is 0 Å². The van der Waals surface area contributed by atoms with Gasteiger partial charge in [0.05, 0.1) is 6.42 Å². The van der Waals surface area contributed by atoms with E-state index in [1.54, 1.807) is 0 Å². The lowest BCUT2D eigenvalue weighted by atomic mass is 10.0. The third kappa shape index (κ3) is 3.08. The van der Waals surface area contributed by atoms with Gasteiger partial charge in [0, 0.05) is 16.9 Å². The first-order valence-corrected chi connectivity index (χ1v) is 4.67. The summed E-state index contributed by atoms with van der Waals surface area (Å²) in [6, 6.07) is 3.23. The second-order valence-electron chi connectivity index (χ2n) is 3.69. The van der Waals surface area contributed by atoms with Gasteiger partial charge in [0.15, 0.2) is 5.78 Å². The van der Waals surface area contributed by atoms with Gasteiger partial charge in [0.2, 0.25) is 0 Å². The number of Topliss-reactive ketones (excluding diaryl/α,β-unsaturated/α-hetero) is 1. The van der Waals surface area contributed by atoms with E-state index >= 15 is 0 Å². The molecule has 0 bridgehead atoms. The van der Waals surface area contributed by atoms with Crippen LogP contribution in [-0.2, 0) is 0 Å². The Bertz CT molecular complexity index is 450. The monoisotopic (exact) mass is 268 g/mol. The van der Waals surface area contributed by atoms with Crippen LogP contribution >= 0.6 is 0 Å². The molecule has 0 amide bonds. The summed E-state index contributed by atoms with van der Waals surface area (Å²) < 4.78 is 61.1. The number of halogens is 5. The number of hydrogen-bond donors (Lipinski definition) is 2. The molecule has 4 N–H and O–H groups in total. The fraction of sp³-hybridized carbons (Fsp3) is 0.300. The summed E-state index contributed by atoms with van der Waals surface area (Å²) >= 11 is 0.